The van der Waals surface area contributed by atoms with Crippen LogP contribution in [0.2, 0.25) is 0 Å². The molecule has 2 aromatic rings. The molecule has 2 heterocycles. The standard InChI is InChI=1S/C14H16F3N5O/c1-21-11-4-2-8(6-10(11)19-20-21)13(23)22-7-9(18)3-5-12(22)14(15,16)17/h2,4,6,9,12H,3,5,7,18H2,1H3/t9-,12+/m0/s1. The van der Waals surface area contributed by atoms with E-state index in [0.717, 1.165) is 4.90 Å². The van der Waals surface area contributed by atoms with Crippen molar-refractivity contribution in [3.8, 4) is 0 Å². The van der Waals surface area contributed by atoms with Gasteiger partial charge in [0.15, 0.2) is 0 Å². The third kappa shape index (κ3) is 2.88. The first-order chi connectivity index (χ1) is 10.8. The van der Waals surface area contributed by atoms with Gasteiger partial charge in [0, 0.05) is 25.2 Å². The van der Waals surface area contributed by atoms with Gasteiger partial charge in [0.25, 0.3) is 5.91 Å². The van der Waals surface area contributed by atoms with Crippen LogP contribution in [0, 0.1) is 0 Å². The molecule has 124 valence electrons. The van der Waals surface area contributed by atoms with Gasteiger partial charge in [-0.15, -0.1) is 5.10 Å². The number of alkyl halides is 3. The SMILES string of the molecule is Cn1nnc2cc(C(=O)N3C[C@@H](N)CC[C@@H]3C(F)(F)F)ccc21. The molecule has 1 aromatic heterocycles. The number of nitrogens with two attached hydrogens (primary N) is 1. The van der Waals surface area contributed by atoms with Gasteiger partial charge in [-0.3, -0.25) is 4.79 Å². The number of carbonyl (C=O) groups excluding carboxylic acids is 1. The number of hydrogen-bond acceptors (Lipinski definition) is 4. The Morgan fingerprint density at radius 2 is 2.09 bits per heavy atom. The average molecular weight is 327 g/mol. The summed E-state index contributed by atoms with van der Waals surface area (Å²) < 4.78 is 41.1. The number of carbonyl (C=O) groups is 1. The van der Waals surface area contributed by atoms with Crippen LogP contribution in [-0.4, -0.2) is 50.6 Å². The van der Waals surface area contributed by atoms with E-state index in [1.807, 2.05) is 0 Å². The first-order valence-electron chi connectivity index (χ1n) is 7.20. The number of hydrogen-bond donors (Lipinski definition) is 1. The quantitative estimate of drug-likeness (QED) is 0.860. The molecule has 2 atom stereocenters. The Bertz CT molecular complexity index is 742. The molecule has 1 aromatic carbocycles. The lowest BCUT2D eigenvalue weighted by Crippen LogP contribution is -2.56. The second kappa shape index (κ2) is 5.48. The summed E-state index contributed by atoms with van der Waals surface area (Å²) in [4.78, 5) is 13.4. The van der Waals surface area contributed by atoms with E-state index in [9.17, 15) is 18.0 Å². The fraction of sp³-hybridized carbons (Fsp3) is 0.500. The molecule has 0 saturated carbocycles. The molecule has 9 heteroatoms. The van der Waals surface area contributed by atoms with E-state index in [-0.39, 0.29) is 24.9 Å². The van der Waals surface area contributed by atoms with E-state index in [2.05, 4.69) is 10.3 Å². The number of likely N-dealkylation sites (tertiary alicyclic amines) is 1. The van der Waals surface area contributed by atoms with Crippen LogP contribution in [-0.2, 0) is 7.05 Å². The van der Waals surface area contributed by atoms with Crippen LogP contribution < -0.4 is 5.73 Å². The minimum atomic E-state index is -4.47. The van der Waals surface area contributed by atoms with Gasteiger partial charge in [-0.25, -0.2) is 4.68 Å². The summed E-state index contributed by atoms with van der Waals surface area (Å²) in [6, 6.07) is 2.32. The maximum Gasteiger partial charge on any atom is 0.408 e. The minimum Gasteiger partial charge on any atom is -0.326 e. The molecule has 1 amide bonds. The highest BCUT2D eigenvalue weighted by molar-refractivity contribution is 5.97. The van der Waals surface area contributed by atoms with Crippen molar-refractivity contribution in [3.63, 3.8) is 0 Å². The predicted octanol–water partition coefficient (Wildman–Crippen LogP) is 1.46. The smallest absolute Gasteiger partial charge is 0.326 e. The Hall–Kier alpha value is -2.16. The number of aryl methyl sites for hydroxylation is 1. The number of benzene rings is 1. The molecule has 1 saturated heterocycles. The van der Waals surface area contributed by atoms with Gasteiger partial charge in [0.2, 0.25) is 0 Å². The van der Waals surface area contributed by atoms with Crippen LogP contribution in [0.1, 0.15) is 23.2 Å². The van der Waals surface area contributed by atoms with Crippen molar-refractivity contribution in [2.75, 3.05) is 6.54 Å². The lowest BCUT2D eigenvalue weighted by atomic mass is 9.97. The number of nitrogens with zero attached hydrogens (tertiary/aromatic N) is 4. The van der Waals surface area contributed by atoms with E-state index < -0.39 is 24.2 Å². The summed E-state index contributed by atoms with van der Waals surface area (Å²) in [5.74, 6) is -0.685. The highest BCUT2D eigenvalue weighted by Gasteiger charge is 2.47. The highest BCUT2D eigenvalue weighted by atomic mass is 19.4. The van der Waals surface area contributed by atoms with Crippen molar-refractivity contribution < 1.29 is 18.0 Å². The fourth-order valence-electron chi connectivity index (χ4n) is 2.90. The van der Waals surface area contributed by atoms with Crippen molar-refractivity contribution in [1.29, 1.82) is 0 Å². The van der Waals surface area contributed by atoms with E-state index >= 15 is 0 Å². The highest BCUT2D eigenvalue weighted by Crippen LogP contribution is 2.32. The average Bonchev–Trinajstić information content (AvgIpc) is 2.86. The van der Waals surface area contributed by atoms with Crippen LogP contribution in [0.15, 0.2) is 18.2 Å². The van der Waals surface area contributed by atoms with Gasteiger partial charge in [-0.1, -0.05) is 5.21 Å². The van der Waals surface area contributed by atoms with Crippen molar-refractivity contribution >= 4 is 16.9 Å². The van der Waals surface area contributed by atoms with Crippen LogP contribution in [0.25, 0.3) is 11.0 Å². The second-order valence-corrected chi connectivity index (χ2v) is 5.77. The summed E-state index contributed by atoms with van der Waals surface area (Å²) >= 11 is 0. The van der Waals surface area contributed by atoms with E-state index in [1.54, 1.807) is 13.1 Å². The van der Waals surface area contributed by atoms with E-state index in [4.69, 9.17) is 5.73 Å². The zero-order valence-electron chi connectivity index (χ0n) is 12.4. The van der Waals surface area contributed by atoms with Crippen molar-refractivity contribution in [2.45, 2.75) is 31.1 Å². The molecule has 0 radical (unpaired) electrons. The molecule has 1 aliphatic rings. The summed E-state index contributed by atoms with van der Waals surface area (Å²) in [5, 5.41) is 7.70. The van der Waals surface area contributed by atoms with E-state index in [0.29, 0.717) is 11.0 Å². The number of aromatic nitrogens is 3. The molecule has 23 heavy (non-hydrogen) atoms. The van der Waals surface area contributed by atoms with Gasteiger partial charge in [-0.2, -0.15) is 13.2 Å². The van der Waals surface area contributed by atoms with Crippen LogP contribution in [0.3, 0.4) is 0 Å². The summed E-state index contributed by atoms with van der Waals surface area (Å²) in [7, 11) is 1.69. The molecule has 0 unspecified atom stereocenters. The molecule has 1 aliphatic heterocycles. The third-order valence-corrected chi connectivity index (χ3v) is 4.11. The zero-order valence-corrected chi connectivity index (χ0v) is 12.4. The normalized spacial score (nSPS) is 22.6. The molecule has 0 bridgehead atoms. The summed E-state index contributed by atoms with van der Waals surface area (Å²) in [6.07, 6.45) is -4.40. The van der Waals surface area contributed by atoms with Crippen LogP contribution >= 0.6 is 0 Å². The van der Waals surface area contributed by atoms with Gasteiger partial charge in [0.1, 0.15) is 11.6 Å². The van der Waals surface area contributed by atoms with Gasteiger partial charge >= 0.3 is 6.18 Å². The Morgan fingerprint density at radius 1 is 1.35 bits per heavy atom. The number of amides is 1. The Balaban J connectivity index is 1.94. The molecular formula is C14H16F3N5O. The molecule has 1 fully saturated rings. The Morgan fingerprint density at radius 3 is 2.78 bits per heavy atom. The first-order valence-corrected chi connectivity index (χ1v) is 7.20. The molecule has 0 aliphatic carbocycles. The topological polar surface area (TPSA) is 77.0 Å². The maximum absolute atomic E-state index is 13.2. The predicted molar refractivity (Wildman–Crippen MR) is 76.6 cm³/mol. The van der Waals surface area contributed by atoms with Gasteiger partial charge < -0.3 is 10.6 Å². The number of fused-ring (bicyclic) bond motifs is 1. The van der Waals surface area contributed by atoms with Gasteiger partial charge in [-0.05, 0) is 31.0 Å². The second-order valence-electron chi connectivity index (χ2n) is 5.77. The maximum atomic E-state index is 13.2. The number of piperidine rings is 1. The lowest BCUT2D eigenvalue weighted by Gasteiger charge is -2.39. The number of rotatable bonds is 1. The Labute approximate surface area is 130 Å². The fourth-order valence-corrected chi connectivity index (χ4v) is 2.90. The largest absolute Gasteiger partial charge is 0.408 e. The zero-order chi connectivity index (χ0) is 16.8. The summed E-state index contributed by atoms with van der Waals surface area (Å²) in [6.45, 7) is -0.110. The molecule has 3 rings (SSSR count). The summed E-state index contributed by atoms with van der Waals surface area (Å²) in [5.41, 5.74) is 7.07. The lowest BCUT2D eigenvalue weighted by molar-refractivity contribution is -0.184. The van der Waals surface area contributed by atoms with E-state index in [1.165, 1.54) is 16.8 Å². The Kier molecular flexibility index (Phi) is 3.75. The van der Waals surface area contributed by atoms with Crippen LogP contribution in [0.5, 0.6) is 0 Å². The molecule has 2 N–H and O–H groups in total. The first kappa shape index (κ1) is 15.7. The monoisotopic (exact) mass is 327 g/mol. The van der Waals surface area contributed by atoms with Crippen molar-refractivity contribution in [2.24, 2.45) is 12.8 Å². The van der Waals surface area contributed by atoms with Crippen molar-refractivity contribution in [3.05, 3.63) is 23.8 Å². The molecule has 6 nitrogen and oxygen atoms in total. The van der Waals surface area contributed by atoms with Crippen LogP contribution in [0.4, 0.5) is 13.2 Å². The van der Waals surface area contributed by atoms with Gasteiger partial charge in [0.05, 0.1) is 5.52 Å². The van der Waals surface area contributed by atoms with Crippen molar-refractivity contribution in [1.82, 2.24) is 19.9 Å². The number of halogens is 3. The molecular weight excluding hydrogens is 311 g/mol. The molecule has 0 spiro atoms. The third-order valence-electron chi connectivity index (χ3n) is 4.11. The minimum absolute atomic E-state index is 0.110.